The summed E-state index contributed by atoms with van der Waals surface area (Å²) < 4.78 is 26.6. The highest BCUT2D eigenvalue weighted by atomic mass is 35.5. The number of hydrogen-bond acceptors (Lipinski definition) is 5. The Morgan fingerprint density at radius 2 is 1.68 bits per heavy atom. The van der Waals surface area contributed by atoms with Crippen LogP contribution in [0.15, 0.2) is 77.7 Å². The summed E-state index contributed by atoms with van der Waals surface area (Å²) in [6.07, 6.45) is -0.115. The van der Waals surface area contributed by atoms with Crippen LogP contribution in [0.25, 0.3) is 0 Å². The molecule has 0 aromatic heterocycles. The fraction of sp³-hybridized carbons (Fsp3) is 0.222. The molecule has 3 aromatic rings. The topological polar surface area (TPSA) is 104 Å². The van der Waals surface area contributed by atoms with Gasteiger partial charge in [0.1, 0.15) is 10.9 Å². The van der Waals surface area contributed by atoms with Gasteiger partial charge >= 0.3 is 0 Å². The van der Waals surface area contributed by atoms with Crippen molar-refractivity contribution in [3.8, 4) is 0 Å². The molecule has 1 atom stereocenters. The molecule has 11 heteroatoms. The summed E-state index contributed by atoms with van der Waals surface area (Å²) in [6, 6.07) is 19.0. The number of hydrogen-bond donors (Lipinski definition) is 1. The van der Waals surface area contributed by atoms with Crippen LogP contribution in [0.4, 0.5) is 0 Å². The summed E-state index contributed by atoms with van der Waals surface area (Å²) in [7, 11) is -2.60. The molecule has 1 aliphatic heterocycles. The monoisotopic (exact) mass is 573 g/mol. The Kier molecular flexibility index (Phi) is 8.40. The number of carbonyl (C=O) groups is 3. The van der Waals surface area contributed by atoms with Crippen molar-refractivity contribution in [3.05, 3.63) is 99.5 Å². The minimum atomic E-state index is -4.08. The molecule has 1 aliphatic rings. The Labute approximate surface area is 231 Å². The molecule has 8 nitrogen and oxygen atoms in total. The summed E-state index contributed by atoms with van der Waals surface area (Å²) in [4.78, 5) is 40.8. The highest BCUT2D eigenvalue weighted by molar-refractivity contribution is 7.90. The van der Waals surface area contributed by atoms with Gasteiger partial charge in [-0.2, -0.15) is 0 Å². The minimum absolute atomic E-state index is 0.0271. The molecule has 38 heavy (non-hydrogen) atoms. The van der Waals surface area contributed by atoms with E-state index in [0.717, 1.165) is 5.56 Å². The molecule has 0 fully saturated rings. The highest BCUT2D eigenvalue weighted by Crippen LogP contribution is 2.30. The van der Waals surface area contributed by atoms with E-state index in [1.807, 2.05) is 30.3 Å². The first kappa shape index (κ1) is 27.6. The Morgan fingerprint density at radius 3 is 2.34 bits per heavy atom. The molecule has 0 saturated heterocycles. The van der Waals surface area contributed by atoms with Crippen LogP contribution in [0.2, 0.25) is 10.0 Å². The SMILES string of the molecule is CNC(=O)[C@@H](Cc1ccccc1)N(Cc1ccc(Cl)cc1Cl)C(=O)CCN1C(=O)c2ccccc2S1(=O)=O. The van der Waals surface area contributed by atoms with Gasteiger partial charge in [-0.1, -0.05) is 71.7 Å². The maximum Gasteiger partial charge on any atom is 0.269 e. The van der Waals surface area contributed by atoms with Crippen LogP contribution >= 0.6 is 23.2 Å². The van der Waals surface area contributed by atoms with E-state index < -0.39 is 33.8 Å². The van der Waals surface area contributed by atoms with E-state index in [9.17, 15) is 22.8 Å². The Bertz CT molecular complexity index is 1480. The van der Waals surface area contributed by atoms with E-state index >= 15 is 0 Å². The fourth-order valence-electron chi connectivity index (χ4n) is 4.35. The lowest BCUT2D eigenvalue weighted by molar-refractivity contribution is -0.141. The number of fused-ring (bicyclic) bond motifs is 1. The lowest BCUT2D eigenvalue weighted by Gasteiger charge is -2.32. The van der Waals surface area contributed by atoms with Crippen LogP contribution < -0.4 is 5.32 Å². The van der Waals surface area contributed by atoms with Crippen molar-refractivity contribution in [2.24, 2.45) is 0 Å². The van der Waals surface area contributed by atoms with E-state index in [1.165, 1.54) is 30.1 Å². The molecule has 1 heterocycles. The predicted molar refractivity (Wildman–Crippen MR) is 144 cm³/mol. The standard InChI is InChI=1S/C27H25Cl2N3O5S/c1-30-26(34)23(15-18-7-3-2-4-8-18)31(17-19-11-12-20(28)16-22(19)29)25(33)13-14-32-27(35)21-9-5-6-10-24(21)38(32,36)37/h2-12,16,23H,13-15,17H2,1H3,(H,30,34)/t23-/m1/s1. The van der Waals surface area contributed by atoms with Crippen molar-refractivity contribution in [1.82, 2.24) is 14.5 Å². The van der Waals surface area contributed by atoms with Crippen molar-refractivity contribution in [3.63, 3.8) is 0 Å². The number of sulfonamides is 1. The van der Waals surface area contributed by atoms with Gasteiger partial charge in [-0.15, -0.1) is 0 Å². The van der Waals surface area contributed by atoms with Gasteiger partial charge in [0.25, 0.3) is 15.9 Å². The second kappa shape index (κ2) is 11.6. The first-order chi connectivity index (χ1) is 18.1. The van der Waals surface area contributed by atoms with Crippen LogP contribution in [-0.2, 0) is 32.6 Å². The first-order valence-electron chi connectivity index (χ1n) is 11.8. The van der Waals surface area contributed by atoms with Crippen molar-refractivity contribution in [1.29, 1.82) is 0 Å². The maximum atomic E-state index is 13.7. The fourth-order valence-corrected chi connectivity index (χ4v) is 6.38. The number of halogens is 2. The molecule has 0 saturated carbocycles. The molecule has 0 bridgehead atoms. The Hall–Kier alpha value is -3.40. The van der Waals surface area contributed by atoms with Crippen molar-refractivity contribution >= 4 is 50.9 Å². The minimum Gasteiger partial charge on any atom is -0.357 e. The zero-order valence-corrected chi connectivity index (χ0v) is 22.8. The van der Waals surface area contributed by atoms with Gasteiger partial charge in [0.05, 0.1) is 5.56 Å². The van der Waals surface area contributed by atoms with Crippen LogP contribution in [0.3, 0.4) is 0 Å². The number of nitrogens with zero attached hydrogens (tertiary/aromatic N) is 2. The summed E-state index contributed by atoms with van der Waals surface area (Å²) in [6.45, 7) is -0.397. The summed E-state index contributed by atoms with van der Waals surface area (Å²) in [5, 5.41) is 3.35. The quantitative estimate of drug-likeness (QED) is 0.418. The van der Waals surface area contributed by atoms with Crippen molar-refractivity contribution in [2.45, 2.75) is 30.3 Å². The average Bonchev–Trinajstić information content (AvgIpc) is 3.10. The summed E-state index contributed by atoms with van der Waals surface area (Å²) in [5.74, 6) is -1.60. The second-order valence-corrected chi connectivity index (χ2v) is 11.4. The van der Waals surface area contributed by atoms with Gasteiger partial charge in [-0.3, -0.25) is 14.4 Å². The molecule has 4 rings (SSSR count). The van der Waals surface area contributed by atoms with E-state index in [1.54, 1.807) is 24.3 Å². The second-order valence-electron chi connectivity index (χ2n) is 8.71. The van der Waals surface area contributed by atoms with Crippen LogP contribution in [0.5, 0.6) is 0 Å². The number of nitrogens with one attached hydrogen (secondary N) is 1. The third-order valence-electron chi connectivity index (χ3n) is 6.31. The number of benzene rings is 3. The molecule has 0 spiro atoms. The van der Waals surface area contributed by atoms with Crippen LogP contribution in [0, 0.1) is 0 Å². The van der Waals surface area contributed by atoms with Gasteiger partial charge in [0.2, 0.25) is 11.8 Å². The van der Waals surface area contributed by atoms with Gasteiger partial charge in [0.15, 0.2) is 0 Å². The van der Waals surface area contributed by atoms with E-state index in [0.29, 0.717) is 19.9 Å². The van der Waals surface area contributed by atoms with E-state index in [2.05, 4.69) is 5.32 Å². The number of rotatable bonds is 9. The number of carbonyl (C=O) groups excluding carboxylic acids is 3. The van der Waals surface area contributed by atoms with Crippen LogP contribution in [-0.4, -0.2) is 55.0 Å². The molecular formula is C27H25Cl2N3O5S. The molecular weight excluding hydrogens is 549 g/mol. The predicted octanol–water partition coefficient (Wildman–Crippen LogP) is 3.91. The molecule has 1 N–H and O–H groups in total. The number of amides is 3. The molecule has 3 amide bonds. The van der Waals surface area contributed by atoms with Gasteiger partial charge in [0, 0.05) is 43.0 Å². The first-order valence-corrected chi connectivity index (χ1v) is 14.0. The molecule has 198 valence electrons. The Balaban J connectivity index is 1.63. The molecule has 0 unspecified atom stereocenters. The van der Waals surface area contributed by atoms with Crippen LogP contribution in [0.1, 0.15) is 27.9 Å². The smallest absolute Gasteiger partial charge is 0.269 e. The van der Waals surface area contributed by atoms with E-state index in [-0.39, 0.29) is 36.4 Å². The van der Waals surface area contributed by atoms with Crippen molar-refractivity contribution < 1.29 is 22.8 Å². The lowest BCUT2D eigenvalue weighted by atomic mass is 10.0. The largest absolute Gasteiger partial charge is 0.357 e. The molecule has 3 aromatic carbocycles. The Morgan fingerprint density at radius 1 is 1.00 bits per heavy atom. The third kappa shape index (κ3) is 5.70. The normalized spacial score (nSPS) is 14.6. The zero-order chi connectivity index (χ0) is 27.4. The third-order valence-corrected chi connectivity index (χ3v) is 8.74. The van der Waals surface area contributed by atoms with E-state index in [4.69, 9.17) is 23.2 Å². The average molecular weight is 574 g/mol. The lowest BCUT2D eigenvalue weighted by Crippen LogP contribution is -2.50. The summed E-state index contributed by atoms with van der Waals surface area (Å²) >= 11 is 12.4. The van der Waals surface area contributed by atoms with Crippen molar-refractivity contribution in [2.75, 3.05) is 13.6 Å². The molecule has 0 aliphatic carbocycles. The van der Waals surface area contributed by atoms with Gasteiger partial charge in [-0.05, 0) is 35.4 Å². The number of likely N-dealkylation sites (N-methyl/N-ethyl adjacent to an activating group) is 1. The summed E-state index contributed by atoms with van der Waals surface area (Å²) in [5.41, 5.74) is 1.45. The van der Waals surface area contributed by atoms with Gasteiger partial charge in [-0.25, -0.2) is 12.7 Å². The zero-order valence-electron chi connectivity index (χ0n) is 20.4. The molecule has 0 radical (unpaired) electrons. The maximum absolute atomic E-state index is 13.7. The van der Waals surface area contributed by atoms with Gasteiger partial charge < -0.3 is 10.2 Å². The highest BCUT2D eigenvalue weighted by Gasteiger charge is 2.41.